The van der Waals surface area contributed by atoms with Crippen molar-refractivity contribution >= 4 is 11.7 Å². The smallest absolute Gasteiger partial charge is 0.222 e. The zero-order valence-electron chi connectivity index (χ0n) is 11.5. The normalized spacial score (nSPS) is 10.1. The molecule has 5 heteroatoms. The van der Waals surface area contributed by atoms with E-state index in [0.717, 1.165) is 17.1 Å². The predicted octanol–water partition coefficient (Wildman–Crippen LogP) is 1.90. The largest absolute Gasteiger partial charge is 0.369 e. The Morgan fingerprint density at radius 2 is 2.00 bits per heavy atom. The summed E-state index contributed by atoms with van der Waals surface area (Å²) in [5.41, 5.74) is 2.00. The summed E-state index contributed by atoms with van der Waals surface area (Å²) in [4.78, 5) is 19.8. The Bertz CT molecular complexity index is 557. The van der Waals surface area contributed by atoms with E-state index in [4.69, 9.17) is 0 Å². The van der Waals surface area contributed by atoms with Gasteiger partial charge < -0.3 is 10.6 Å². The lowest BCUT2D eigenvalue weighted by atomic mass is 10.2. The van der Waals surface area contributed by atoms with Crippen LogP contribution >= 0.6 is 0 Å². The van der Waals surface area contributed by atoms with Gasteiger partial charge in [0.25, 0.3) is 0 Å². The van der Waals surface area contributed by atoms with Crippen LogP contribution in [0.1, 0.15) is 17.7 Å². The average Bonchev–Trinajstić information content (AvgIpc) is 2.46. The molecule has 5 nitrogen and oxygen atoms in total. The molecule has 1 amide bonds. The number of amides is 1. The molecule has 0 radical (unpaired) electrons. The van der Waals surface area contributed by atoms with Crippen LogP contribution < -0.4 is 10.6 Å². The van der Waals surface area contributed by atoms with Crippen molar-refractivity contribution in [2.45, 2.75) is 19.9 Å². The molecule has 1 aromatic carbocycles. The molecule has 1 heterocycles. The average molecular weight is 270 g/mol. The molecule has 2 N–H and O–H groups in total. The van der Waals surface area contributed by atoms with Gasteiger partial charge in [-0.3, -0.25) is 4.79 Å². The zero-order valence-corrected chi connectivity index (χ0v) is 11.5. The minimum absolute atomic E-state index is 0.0205. The van der Waals surface area contributed by atoms with Gasteiger partial charge >= 0.3 is 0 Å². The van der Waals surface area contributed by atoms with Crippen molar-refractivity contribution in [1.82, 2.24) is 15.3 Å². The highest BCUT2D eigenvalue weighted by Gasteiger charge is 2.01. The number of nitrogens with zero attached hydrogens (tertiary/aromatic N) is 2. The van der Waals surface area contributed by atoms with E-state index in [2.05, 4.69) is 20.6 Å². The topological polar surface area (TPSA) is 66.9 Å². The van der Waals surface area contributed by atoms with Gasteiger partial charge in [0, 0.05) is 31.3 Å². The summed E-state index contributed by atoms with van der Waals surface area (Å²) in [6.07, 6.45) is 1.92. The van der Waals surface area contributed by atoms with Crippen LogP contribution in [0.25, 0.3) is 0 Å². The number of hydrogen-bond acceptors (Lipinski definition) is 4. The van der Waals surface area contributed by atoms with E-state index in [0.29, 0.717) is 19.5 Å². The molecule has 0 bridgehead atoms. The molecule has 104 valence electrons. The van der Waals surface area contributed by atoms with Gasteiger partial charge in [-0.15, -0.1) is 0 Å². The number of nitrogens with one attached hydrogen (secondary N) is 2. The van der Waals surface area contributed by atoms with Crippen LogP contribution in [0.2, 0.25) is 0 Å². The third-order valence-corrected chi connectivity index (χ3v) is 2.79. The lowest BCUT2D eigenvalue weighted by Crippen LogP contribution is -2.24. The molecule has 0 fully saturated rings. The molecule has 0 aliphatic carbocycles. The molecule has 2 rings (SSSR count). The third-order valence-electron chi connectivity index (χ3n) is 2.79. The Hall–Kier alpha value is -2.43. The first-order chi connectivity index (χ1) is 9.74. The molecule has 1 aromatic heterocycles. The summed E-state index contributed by atoms with van der Waals surface area (Å²) in [7, 11) is 0. The molecule has 0 aliphatic rings. The van der Waals surface area contributed by atoms with Crippen LogP contribution in [0.4, 0.5) is 5.82 Å². The number of anilines is 1. The van der Waals surface area contributed by atoms with Crippen LogP contribution in [-0.4, -0.2) is 22.4 Å². The molecule has 0 aliphatic heterocycles. The van der Waals surface area contributed by atoms with Crippen LogP contribution in [0, 0.1) is 6.92 Å². The van der Waals surface area contributed by atoms with Crippen LogP contribution in [0.5, 0.6) is 0 Å². The SMILES string of the molecule is Cc1cc(NCCC(=O)NCc2ccccc2)ncn1. The van der Waals surface area contributed by atoms with Crippen molar-refractivity contribution in [1.29, 1.82) is 0 Å². The van der Waals surface area contributed by atoms with Gasteiger partial charge in [-0.05, 0) is 12.5 Å². The van der Waals surface area contributed by atoms with Crippen molar-refractivity contribution in [2.75, 3.05) is 11.9 Å². The Morgan fingerprint density at radius 1 is 1.20 bits per heavy atom. The van der Waals surface area contributed by atoms with Crippen molar-refractivity contribution in [3.05, 3.63) is 54.0 Å². The molecule has 0 atom stereocenters. The van der Waals surface area contributed by atoms with E-state index in [9.17, 15) is 4.79 Å². The predicted molar refractivity (Wildman–Crippen MR) is 78.2 cm³/mol. The summed E-state index contributed by atoms with van der Waals surface area (Å²) in [6.45, 7) is 3.02. The van der Waals surface area contributed by atoms with Gasteiger partial charge in [-0.2, -0.15) is 0 Å². The number of hydrogen-bond donors (Lipinski definition) is 2. The first-order valence-corrected chi connectivity index (χ1v) is 6.57. The second kappa shape index (κ2) is 7.23. The molecule has 0 spiro atoms. The maximum absolute atomic E-state index is 11.7. The quantitative estimate of drug-likeness (QED) is 0.841. The van der Waals surface area contributed by atoms with Gasteiger partial charge in [0.1, 0.15) is 12.1 Å². The fourth-order valence-corrected chi connectivity index (χ4v) is 1.74. The number of aromatic nitrogens is 2. The Labute approximate surface area is 118 Å². The van der Waals surface area contributed by atoms with E-state index >= 15 is 0 Å². The van der Waals surface area contributed by atoms with E-state index in [1.54, 1.807) is 0 Å². The lowest BCUT2D eigenvalue weighted by molar-refractivity contribution is -0.121. The van der Waals surface area contributed by atoms with Gasteiger partial charge in [0.2, 0.25) is 5.91 Å². The number of rotatable bonds is 6. The highest BCUT2D eigenvalue weighted by Crippen LogP contribution is 2.02. The summed E-state index contributed by atoms with van der Waals surface area (Å²) >= 11 is 0. The van der Waals surface area contributed by atoms with Gasteiger partial charge in [0.05, 0.1) is 0 Å². The van der Waals surface area contributed by atoms with Crippen molar-refractivity contribution < 1.29 is 4.79 Å². The first-order valence-electron chi connectivity index (χ1n) is 6.57. The van der Waals surface area contributed by atoms with Crippen molar-refractivity contribution in [2.24, 2.45) is 0 Å². The zero-order chi connectivity index (χ0) is 14.2. The Morgan fingerprint density at radius 3 is 2.75 bits per heavy atom. The van der Waals surface area contributed by atoms with Crippen LogP contribution in [0.15, 0.2) is 42.7 Å². The molecule has 0 saturated carbocycles. The molecule has 0 unspecified atom stereocenters. The van der Waals surface area contributed by atoms with E-state index < -0.39 is 0 Å². The maximum Gasteiger partial charge on any atom is 0.222 e. The summed E-state index contributed by atoms with van der Waals surface area (Å²) in [6, 6.07) is 11.7. The minimum Gasteiger partial charge on any atom is -0.369 e. The monoisotopic (exact) mass is 270 g/mol. The second-order valence-electron chi connectivity index (χ2n) is 4.48. The van der Waals surface area contributed by atoms with Crippen LogP contribution in [0.3, 0.4) is 0 Å². The summed E-state index contributed by atoms with van der Waals surface area (Å²) < 4.78 is 0. The Kier molecular flexibility index (Phi) is 5.06. The highest BCUT2D eigenvalue weighted by atomic mass is 16.1. The molecule has 20 heavy (non-hydrogen) atoms. The fraction of sp³-hybridized carbons (Fsp3) is 0.267. The third kappa shape index (κ3) is 4.68. The number of aryl methyl sites for hydroxylation is 1. The Balaban J connectivity index is 1.68. The fourth-order valence-electron chi connectivity index (χ4n) is 1.74. The van der Waals surface area contributed by atoms with E-state index in [1.165, 1.54) is 6.33 Å². The number of carbonyl (C=O) groups is 1. The summed E-state index contributed by atoms with van der Waals surface area (Å²) in [5.74, 6) is 0.764. The summed E-state index contributed by atoms with van der Waals surface area (Å²) in [5, 5.41) is 5.99. The molecular formula is C15H18N4O. The standard InChI is InChI=1S/C15H18N4O/c1-12-9-14(19-11-18-12)16-8-7-15(20)17-10-13-5-3-2-4-6-13/h2-6,9,11H,7-8,10H2,1H3,(H,17,20)(H,16,18,19). The highest BCUT2D eigenvalue weighted by molar-refractivity contribution is 5.76. The van der Waals surface area contributed by atoms with Gasteiger partial charge in [-0.1, -0.05) is 30.3 Å². The lowest BCUT2D eigenvalue weighted by Gasteiger charge is -2.07. The van der Waals surface area contributed by atoms with Crippen molar-refractivity contribution in [3.63, 3.8) is 0 Å². The first kappa shape index (κ1) is 14.0. The number of benzene rings is 1. The molecule has 2 aromatic rings. The van der Waals surface area contributed by atoms with Gasteiger partial charge in [-0.25, -0.2) is 9.97 Å². The number of carbonyl (C=O) groups excluding carboxylic acids is 1. The minimum atomic E-state index is 0.0205. The van der Waals surface area contributed by atoms with E-state index in [1.807, 2.05) is 43.3 Å². The molecule has 0 saturated heterocycles. The van der Waals surface area contributed by atoms with Crippen LogP contribution in [-0.2, 0) is 11.3 Å². The van der Waals surface area contributed by atoms with Gasteiger partial charge in [0.15, 0.2) is 0 Å². The second-order valence-corrected chi connectivity index (χ2v) is 4.48. The van der Waals surface area contributed by atoms with E-state index in [-0.39, 0.29) is 5.91 Å². The maximum atomic E-state index is 11.7. The molecular weight excluding hydrogens is 252 g/mol. The van der Waals surface area contributed by atoms with Crippen molar-refractivity contribution in [3.8, 4) is 0 Å².